The molecule has 2 aliphatic heterocycles. The molecule has 0 fully saturated rings. The van der Waals surface area contributed by atoms with Gasteiger partial charge in [0, 0.05) is 12.2 Å². The second-order valence-electron chi connectivity index (χ2n) is 2.90. The molecule has 0 bridgehead atoms. The van der Waals surface area contributed by atoms with E-state index >= 15 is 0 Å². The maximum Gasteiger partial charge on any atom is 0.274 e. The van der Waals surface area contributed by atoms with Gasteiger partial charge in [-0.05, 0) is 24.0 Å². The molecule has 2 heterocycles. The van der Waals surface area contributed by atoms with Gasteiger partial charge >= 0.3 is 0 Å². The molecule has 0 amide bonds. The number of hydrogen-bond acceptors (Lipinski definition) is 2. The zero-order valence-corrected chi connectivity index (χ0v) is 7.49. The summed E-state index contributed by atoms with van der Waals surface area (Å²) in [6.45, 7) is 0. The highest BCUT2D eigenvalue weighted by Gasteiger charge is 2.36. The highest BCUT2D eigenvalue weighted by atomic mass is 16.7. The molecule has 2 aliphatic rings. The number of ether oxygens (including phenoxy) is 2. The maximum atomic E-state index is 5.55. The van der Waals surface area contributed by atoms with E-state index in [1.165, 1.54) is 0 Å². The first-order chi connectivity index (χ1) is 6.85. The molecule has 1 unspecified atom stereocenters. The Morgan fingerprint density at radius 1 is 1.57 bits per heavy atom. The van der Waals surface area contributed by atoms with Crippen molar-refractivity contribution in [2.75, 3.05) is 0 Å². The van der Waals surface area contributed by atoms with Gasteiger partial charge in [0.25, 0.3) is 5.79 Å². The van der Waals surface area contributed by atoms with Crippen LogP contribution in [0.25, 0.3) is 0 Å². The fourth-order valence-corrected chi connectivity index (χ4v) is 1.30. The summed E-state index contributed by atoms with van der Waals surface area (Å²) in [6, 6.07) is 0. The number of terminal acetylenes is 1. The van der Waals surface area contributed by atoms with Crippen LogP contribution in [0, 0.1) is 24.2 Å². The molecule has 1 spiro atoms. The van der Waals surface area contributed by atoms with Crippen LogP contribution in [0.3, 0.4) is 0 Å². The van der Waals surface area contributed by atoms with Crippen LogP contribution in [0.5, 0.6) is 0 Å². The Hall–Kier alpha value is -2.06. The van der Waals surface area contributed by atoms with E-state index < -0.39 is 5.79 Å². The lowest BCUT2D eigenvalue weighted by molar-refractivity contribution is -0.115. The average molecular weight is 184 g/mol. The van der Waals surface area contributed by atoms with Crippen LogP contribution in [-0.4, -0.2) is 5.79 Å². The minimum Gasteiger partial charge on any atom is -0.457 e. The molecule has 0 aromatic rings. The third kappa shape index (κ3) is 1.51. The van der Waals surface area contributed by atoms with Gasteiger partial charge in [0.05, 0.1) is 12.7 Å². The summed E-state index contributed by atoms with van der Waals surface area (Å²) in [4.78, 5) is 0. The van der Waals surface area contributed by atoms with Crippen molar-refractivity contribution in [3.63, 3.8) is 0 Å². The van der Waals surface area contributed by atoms with Gasteiger partial charge in [-0.2, -0.15) is 0 Å². The van der Waals surface area contributed by atoms with Crippen molar-refractivity contribution in [1.82, 2.24) is 0 Å². The van der Waals surface area contributed by atoms with Crippen molar-refractivity contribution in [2.45, 2.75) is 12.2 Å². The molecule has 2 nitrogen and oxygen atoms in total. The van der Waals surface area contributed by atoms with E-state index in [1.807, 2.05) is 18.2 Å². The SMILES string of the molecule is C#CC#CC=C1C=CC2(CC=CO2)O1. The van der Waals surface area contributed by atoms with Crippen LogP contribution in [-0.2, 0) is 9.47 Å². The zero-order chi connectivity index (χ0) is 9.86. The van der Waals surface area contributed by atoms with Gasteiger partial charge < -0.3 is 9.47 Å². The second kappa shape index (κ2) is 3.36. The minimum absolute atomic E-state index is 0.621. The Morgan fingerprint density at radius 2 is 2.50 bits per heavy atom. The van der Waals surface area contributed by atoms with Gasteiger partial charge in [-0.3, -0.25) is 0 Å². The van der Waals surface area contributed by atoms with Gasteiger partial charge in [-0.15, -0.1) is 6.42 Å². The lowest BCUT2D eigenvalue weighted by Crippen LogP contribution is -2.24. The monoisotopic (exact) mass is 184 g/mol. The van der Waals surface area contributed by atoms with Crippen molar-refractivity contribution >= 4 is 0 Å². The van der Waals surface area contributed by atoms with E-state index in [9.17, 15) is 0 Å². The van der Waals surface area contributed by atoms with Crippen LogP contribution < -0.4 is 0 Å². The fourth-order valence-electron chi connectivity index (χ4n) is 1.30. The summed E-state index contributed by atoms with van der Waals surface area (Å²) in [5, 5.41) is 0. The Labute approximate surface area is 82.9 Å². The first-order valence-corrected chi connectivity index (χ1v) is 4.22. The van der Waals surface area contributed by atoms with Crippen LogP contribution >= 0.6 is 0 Å². The molecule has 0 aromatic carbocycles. The molecule has 0 N–H and O–H groups in total. The quantitative estimate of drug-likeness (QED) is 0.534. The third-order valence-electron chi connectivity index (χ3n) is 1.92. The molecule has 0 aromatic heterocycles. The van der Waals surface area contributed by atoms with Crippen LogP contribution in [0.2, 0.25) is 0 Å². The molecule has 0 saturated heterocycles. The van der Waals surface area contributed by atoms with Crippen molar-refractivity contribution in [1.29, 1.82) is 0 Å². The third-order valence-corrected chi connectivity index (χ3v) is 1.92. The van der Waals surface area contributed by atoms with E-state index in [4.69, 9.17) is 15.9 Å². The summed E-state index contributed by atoms with van der Waals surface area (Å²) >= 11 is 0. The van der Waals surface area contributed by atoms with Gasteiger partial charge in [0.2, 0.25) is 0 Å². The van der Waals surface area contributed by atoms with Crippen molar-refractivity contribution in [2.24, 2.45) is 0 Å². The van der Waals surface area contributed by atoms with Gasteiger partial charge in [0.1, 0.15) is 5.76 Å². The van der Waals surface area contributed by atoms with E-state index in [2.05, 4.69) is 17.8 Å². The number of allylic oxidation sites excluding steroid dienone is 2. The minimum atomic E-state index is -0.621. The molecule has 68 valence electrons. The zero-order valence-electron chi connectivity index (χ0n) is 7.49. The summed E-state index contributed by atoms with van der Waals surface area (Å²) in [5.41, 5.74) is 0. The highest BCUT2D eigenvalue weighted by molar-refractivity contribution is 5.34. The second-order valence-corrected chi connectivity index (χ2v) is 2.90. The van der Waals surface area contributed by atoms with Gasteiger partial charge in [0.15, 0.2) is 0 Å². The molecule has 1 atom stereocenters. The first kappa shape index (κ1) is 8.53. The predicted octanol–water partition coefficient (Wildman–Crippen LogP) is 1.72. The van der Waals surface area contributed by atoms with E-state index in [1.54, 1.807) is 12.3 Å². The van der Waals surface area contributed by atoms with Crippen molar-refractivity contribution in [3.8, 4) is 24.2 Å². The summed E-state index contributed by atoms with van der Waals surface area (Å²) in [7, 11) is 0. The Morgan fingerprint density at radius 3 is 3.21 bits per heavy atom. The molecule has 2 rings (SSSR count). The summed E-state index contributed by atoms with van der Waals surface area (Å²) in [5.74, 6) is 7.45. The lowest BCUT2D eigenvalue weighted by Gasteiger charge is -2.20. The van der Waals surface area contributed by atoms with Crippen LogP contribution in [0.1, 0.15) is 6.42 Å². The number of hydrogen-bond donors (Lipinski definition) is 0. The van der Waals surface area contributed by atoms with E-state index in [0.717, 1.165) is 6.42 Å². The molecule has 2 heteroatoms. The average Bonchev–Trinajstić information content (AvgIpc) is 2.79. The topological polar surface area (TPSA) is 18.5 Å². The standard InChI is InChI=1S/C12H8O2/c1-2-3-4-6-11-7-9-12(14-11)8-5-10-13-12/h1,5-7,9-10H,8H2. The predicted molar refractivity (Wildman–Crippen MR) is 52.5 cm³/mol. The van der Waals surface area contributed by atoms with E-state index in [0.29, 0.717) is 5.76 Å². The molecular formula is C12H8O2. The summed E-state index contributed by atoms with van der Waals surface area (Å²) < 4.78 is 10.9. The molecular weight excluding hydrogens is 176 g/mol. The van der Waals surface area contributed by atoms with Crippen LogP contribution in [0.4, 0.5) is 0 Å². The summed E-state index contributed by atoms with van der Waals surface area (Å²) in [6.07, 6.45) is 14.6. The van der Waals surface area contributed by atoms with Gasteiger partial charge in [-0.25, -0.2) is 0 Å². The molecule has 14 heavy (non-hydrogen) atoms. The Balaban J connectivity index is 2.07. The smallest absolute Gasteiger partial charge is 0.274 e. The lowest BCUT2D eigenvalue weighted by atomic mass is 10.2. The fraction of sp³-hybridized carbons (Fsp3) is 0.167. The molecule has 0 aliphatic carbocycles. The Kier molecular flexibility index (Phi) is 2.05. The largest absolute Gasteiger partial charge is 0.457 e. The molecule has 0 saturated carbocycles. The Bertz CT molecular complexity index is 413. The van der Waals surface area contributed by atoms with Crippen molar-refractivity contribution in [3.05, 3.63) is 36.3 Å². The van der Waals surface area contributed by atoms with Gasteiger partial charge in [-0.1, -0.05) is 5.92 Å². The first-order valence-electron chi connectivity index (χ1n) is 4.22. The van der Waals surface area contributed by atoms with Crippen LogP contribution in [0.15, 0.2) is 36.3 Å². The maximum absolute atomic E-state index is 5.55. The number of rotatable bonds is 0. The molecule has 0 radical (unpaired) electrons. The highest BCUT2D eigenvalue weighted by Crippen LogP contribution is 2.34. The normalized spacial score (nSPS) is 29.5. The van der Waals surface area contributed by atoms with E-state index in [-0.39, 0.29) is 0 Å². The van der Waals surface area contributed by atoms with Crippen molar-refractivity contribution < 1.29 is 9.47 Å².